The maximum Gasteiger partial charge on any atom is 0.0897 e. The van der Waals surface area contributed by atoms with Crippen molar-refractivity contribution in [2.75, 3.05) is 13.1 Å². The van der Waals surface area contributed by atoms with Crippen LogP contribution in [0.4, 0.5) is 0 Å². The second kappa shape index (κ2) is 4.43. The van der Waals surface area contributed by atoms with Crippen molar-refractivity contribution in [1.82, 2.24) is 4.90 Å². The molecule has 2 unspecified atom stereocenters. The van der Waals surface area contributed by atoms with Crippen molar-refractivity contribution in [3.8, 4) is 0 Å². The van der Waals surface area contributed by atoms with Gasteiger partial charge in [-0.2, -0.15) is 0 Å². The van der Waals surface area contributed by atoms with E-state index in [9.17, 15) is 5.11 Å². The normalized spacial score (nSPS) is 34.6. The topological polar surface area (TPSA) is 23.5 Å². The summed E-state index contributed by atoms with van der Waals surface area (Å²) < 4.78 is 0. The average molecular weight is 185 g/mol. The first-order chi connectivity index (χ1) is 6.08. The highest BCUT2D eigenvalue weighted by Crippen LogP contribution is 2.28. The van der Waals surface area contributed by atoms with E-state index >= 15 is 0 Å². The minimum Gasteiger partial charge on any atom is -0.387 e. The molecule has 2 atom stereocenters. The van der Waals surface area contributed by atoms with E-state index in [4.69, 9.17) is 0 Å². The summed E-state index contributed by atoms with van der Waals surface area (Å²) in [6, 6.07) is 0.356. The quantitative estimate of drug-likeness (QED) is 0.662. The first-order valence-corrected chi connectivity index (χ1v) is 5.54. The number of hydrogen-bond donors (Lipinski definition) is 1. The van der Waals surface area contributed by atoms with Crippen molar-refractivity contribution in [3.63, 3.8) is 0 Å². The van der Waals surface area contributed by atoms with Gasteiger partial charge in [0.05, 0.1) is 5.60 Å². The van der Waals surface area contributed by atoms with Gasteiger partial charge in [-0.3, -0.25) is 4.90 Å². The summed E-state index contributed by atoms with van der Waals surface area (Å²) in [4.78, 5) is 2.37. The van der Waals surface area contributed by atoms with Crippen LogP contribution >= 0.6 is 0 Å². The molecular formula is C11H23NO. The SMILES string of the molecule is CCCCCCN1CC(C)(O)C1C. The zero-order valence-electron chi connectivity index (χ0n) is 9.21. The predicted octanol–water partition coefficient (Wildman–Crippen LogP) is 2.02. The number of unbranched alkanes of at least 4 members (excludes halogenated alkanes) is 3. The lowest BCUT2D eigenvalue weighted by Crippen LogP contribution is -2.66. The van der Waals surface area contributed by atoms with Crippen LogP contribution in [0.2, 0.25) is 0 Å². The van der Waals surface area contributed by atoms with Gasteiger partial charge in [0.2, 0.25) is 0 Å². The third kappa shape index (κ3) is 2.68. The number of hydrogen-bond acceptors (Lipinski definition) is 2. The molecule has 0 aromatic heterocycles. The molecule has 0 spiro atoms. The summed E-state index contributed by atoms with van der Waals surface area (Å²) in [5.74, 6) is 0. The molecule has 1 saturated heterocycles. The number of likely N-dealkylation sites (tertiary alicyclic amines) is 1. The minimum atomic E-state index is -0.426. The number of β-amino-alcohol motifs (C(OH)–C–C–N with tert-alkyl or cyclic N) is 1. The zero-order chi connectivity index (χ0) is 9.90. The highest BCUT2D eigenvalue weighted by molar-refractivity contribution is 4.99. The first-order valence-electron chi connectivity index (χ1n) is 5.54. The Bertz CT molecular complexity index is 156. The maximum atomic E-state index is 9.71. The molecule has 2 nitrogen and oxygen atoms in total. The molecule has 78 valence electrons. The third-order valence-electron chi connectivity index (χ3n) is 3.27. The van der Waals surface area contributed by atoms with Gasteiger partial charge in [-0.05, 0) is 26.8 Å². The molecule has 0 aromatic carbocycles. The lowest BCUT2D eigenvalue weighted by Gasteiger charge is -2.51. The standard InChI is InChI=1S/C11H23NO/c1-4-5-6-7-8-12-9-11(3,13)10(12)2/h10,13H,4-9H2,1-3H3. The third-order valence-corrected chi connectivity index (χ3v) is 3.27. The summed E-state index contributed by atoms with van der Waals surface area (Å²) in [6.45, 7) is 8.30. The molecule has 2 heteroatoms. The fourth-order valence-electron chi connectivity index (χ4n) is 1.98. The van der Waals surface area contributed by atoms with Crippen molar-refractivity contribution in [2.24, 2.45) is 0 Å². The van der Waals surface area contributed by atoms with Gasteiger partial charge < -0.3 is 5.11 Å². The fourth-order valence-corrected chi connectivity index (χ4v) is 1.98. The van der Waals surface area contributed by atoms with Crippen LogP contribution in [0.15, 0.2) is 0 Å². The molecule has 0 amide bonds. The van der Waals surface area contributed by atoms with Crippen LogP contribution in [0, 0.1) is 0 Å². The van der Waals surface area contributed by atoms with Crippen LogP contribution in [0.5, 0.6) is 0 Å². The second-order valence-electron chi connectivity index (χ2n) is 4.56. The Morgan fingerprint density at radius 1 is 1.38 bits per heavy atom. The summed E-state index contributed by atoms with van der Waals surface area (Å²) in [7, 11) is 0. The van der Waals surface area contributed by atoms with Gasteiger partial charge in [0.25, 0.3) is 0 Å². The van der Waals surface area contributed by atoms with E-state index < -0.39 is 5.60 Å². The van der Waals surface area contributed by atoms with Crippen molar-refractivity contribution in [3.05, 3.63) is 0 Å². The van der Waals surface area contributed by atoms with Crippen LogP contribution in [-0.2, 0) is 0 Å². The molecule has 1 aliphatic heterocycles. The van der Waals surface area contributed by atoms with Crippen molar-refractivity contribution < 1.29 is 5.11 Å². The van der Waals surface area contributed by atoms with Crippen molar-refractivity contribution >= 4 is 0 Å². The molecule has 1 rings (SSSR count). The van der Waals surface area contributed by atoms with Crippen LogP contribution in [0.1, 0.15) is 46.5 Å². The lowest BCUT2D eigenvalue weighted by molar-refractivity contribution is -0.132. The van der Waals surface area contributed by atoms with Crippen LogP contribution in [0.25, 0.3) is 0 Å². The molecule has 1 heterocycles. The number of aliphatic hydroxyl groups is 1. The van der Waals surface area contributed by atoms with Gasteiger partial charge in [-0.1, -0.05) is 26.2 Å². The molecule has 0 aliphatic carbocycles. The minimum absolute atomic E-state index is 0.356. The largest absolute Gasteiger partial charge is 0.387 e. The van der Waals surface area contributed by atoms with E-state index in [2.05, 4.69) is 18.7 Å². The first kappa shape index (κ1) is 11.0. The van der Waals surface area contributed by atoms with E-state index in [-0.39, 0.29) is 0 Å². The fraction of sp³-hybridized carbons (Fsp3) is 1.00. The molecule has 0 saturated carbocycles. The Morgan fingerprint density at radius 3 is 2.54 bits per heavy atom. The molecule has 0 bridgehead atoms. The second-order valence-corrected chi connectivity index (χ2v) is 4.56. The molecule has 1 fully saturated rings. The summed E-state index contributed by atoms with van der Waals surface area (Å²) in [5.41, 5.74) is -0.426. The van der Waals surface area contributed by atoms with Gasteiger partial charge in [0, 0.05) is 12.6 Å². The molecule has 1 aliphatic rings. The van der Waals surface area contributed by atoms with Gasteiger partial charge in [0.1, 0.15) is 0 Å². The van der Waals surface area contributed by atoms with Crippen LogP contribution in [-0.4, -0.2) is 34.7 Å². The lowest BCUT2D eigenvalue weighted by atomic mass is 9.86. The van der Waals surface area contributed by atoms with Crippen molar-refractivity contribution in [1.29, 1.82) is 0 Å². The maximum absolute atomic E-state index is 9.71. The van der Waals surface area contributed by atoms with Crippen molar-refractivity contribution in [2.45, 2.75) is 58.1 Å². The Labute approximate surface area is 81.9 Å². The smallest absolute Gasteiger partial charge is 0.0897 e. The number of nitrogens with zero attached hydrogens (tertiary/aromatic N) is 1. The van der Waals surface area contributed by atoms with E-state index in [1.807, 2.05) is 6.92 Å². The Morgan fingerprint density at radius 2 is 2.08 bits per heavy atom. The van der Waals surface area contributed by atoms with Crippen LogP contribution < -0.4 is 0 Å². The Hall–Kier alpha value is -0.0800. The van der Waals surface area contributed by atoms with E-state index in [1.165, 1.54) is 25.7 Å². The molecule has 0 aromatic rings. The number of rotatable bonds is 5. The molecular weight excluding hydrogens is 162 g/mol. The highest BCUT2D eigenvalue weighted by atomic mass is 16.3. The highest BCUT2D eigenvalue weighted by Gasteiger charge is 2.43. The predicted molar refractivity (Wildman–Crippen MR) is 55.8 cm³/mol. The van der Waals surface area contributed by atoms with E-state index in [0.29, 0.717) is 6.04 Å². The average Bonchev–Trinajstić information content (AvgIpc) is 2.10. The van der Waals surface area contributed by atoms with Crippen LogP contribution in [0.3, 0.4) is 0 Å². The summed E-state index contributed by atoms with van der Waals surface area (Å²) in [5, 5.41) is 9.71. The zero-order valence-corrected chi connectivity index (χ0v) is 9.21. The van der Waals surface area contributed by atoms with E-state index in [1.54, 1.807) is 0 Å². The van der Waals surface area contributed by atoms with Gasteiger partial charge in [-0.15, -0.1) is 0 Å². The van der Waals surface area contributed by atoms with E-state index in [0.717, 1.165) is 13.1 Å². The summed E-state index contributed by atoms with van der Waals surface area (Å²) >= 11 is 0. The monoisotopic (exact) mass is 185 g/mol. The Balaban J connectivity index is 2.06. The Kier molecular flexibility index (Phi) is 3.74. The molecule has 1 N–H and O–H groups in total. The molecule has 0 radical (unpaired) electrons. The van der Waals surface area contributed by atoms with Gasteiger partial charge in [0.15, 0.2) is 0 Å². The van der Waals surface area contributed by atoms with Gasteiger partial charge in [-0.25, -0.2) is 0 Å². The molecule has 13 heavy (non-hydrogen) atoms. The van der Waals surface area contributed by atoms with Gasteiger partial charge >= 0.3 is 0 Å². The summed E-state index contributed by atoms with van der Waals surface area (Å²) in [6.07, 6.45) is 5.27.